The van der Waals surface area contributed by atoms with Crippen LogP contribution in [-0.4, -0.2) is 45.6 Å². The molecule has 0 saturated heterocycles. The van der Waals surface area contributed by atoms with Gasteiger partial charge in [-0.2, -0.15) is 10.2 Å². The molecule has 0 bridgehead atoms. The van der Waals surface area contributed by atoms with Gasteiger partial charge in [0, 0.05) is 23.7 Å². The molecule has 10 heteroatoms. The van der Waals surface area contributed by atoms with Crippen LogP contribution in [-0.2, 0) is 0 Å². The average molecular weight is 457 g/mol. The van der Waals surface area contributed by atoms with Crippen LogP contribution in [0.15, 0.2) is 23.3 Å². The van der Waals surface area contributed by atoms with Crippen molar-refractivity contribution in [3.63, 3.8) is 0 Å². The minimum Gasteiger partial charge on any atom is -0.383 e. The number of anilines is 1. The molecule has 4 rings (SSSR count). The zero-order valence-electron chi connectivity index (χ0n) is 18.7. The first kappa shape index (κ1) is 23.5. The molecule has 1 amide bonds. The Labute approximate surface area is 191 Å². The fraction of sp³-hybridized carbons (Fsp3) is 0.364. The molecule has 3 aromatic rings. The SMILES string of the molecule is CC.CC=Nc1n[nH]c(N)c1C(=O)NC(C)c1cc(Cl)c2cn[nH]c2c1C1=CCNCC1. The lowest BCUT2D eigenvalue weighted by molar-refractivity contribution is 0.0941. The van der Waals surface area contributed by atoms with Gasteiger partial charge < -0.3 is 16.4 Å². The van der Waals surface area contributed by atoms with Gasteiger partial charge in [0.2, 0.25) is 0 Å². The minimum absolute atomic E-state index is 0.170. The number of H-pyrrole nitrogens is 2. The van der Waals surface area contributed by atoms with Crippen LogP contribution in [0.3, 0.4) is 0 Å². The van der Waals surface area contributed by atoms with Gasteiger partial charge in [-0.05, 0) is 44.0 Å². The van der Waals surface area contributed by atoms with Crippen molar-refractivity contribution in [2.24, 2.45) is 4.99 Å². The number of carbonyl (C=O) groups is 1. The number of hydrogen-bond acceptors (Lipinski definition) is 6. The molecule has 1 atom stereocenters. The highest BCUT2D eigenvalue weighted by Crippen LogP contribution is 2.37. The van der Waals surface area contributed by atoms with Crippen LogP contribution in [0, 0.1) is 0 Å². The number of aromatic nitrogens is 4. The Morgan fingerprint density at radius 2 is 2.16 bits per heavy atom. The van der Waals surface area contributed by atoms with Gasteiger partial charge in [-0.25, -0.2) is 4.99 Å². The third-order valence-electron chi connectivity index (χ3n) is 5.17. The number of aliphatic imine (C=N–C) groups is 1. The number of nitrogen functional groups attached to an aromatic ring is 1. The summed E-state index contributed by atoms with van der Waals surface area (Å²) in [6.45, 7) is 9.33. The maximum absolute atomic E-state index is 13.0. The maximum atomic E-state index is 13.0. The number of benzene rings is 1. The fourth-order valence-corrected chi connectivity index (χ4v) is 4.02. The molecular formula is C22H29ClN8O. The largest absolute Gasteiger partial charge is 0.383 e. The molecule has 0 radical (unpaired) electrons. The van der Waals surface area contributed by atoms with Crippen molar-refractivity contribution in [2.75, 3.05) is 18.8 Å². The number of nitrogens with two attached hydrogens (primary N) is 1. The second-order valence-electron chi connectivity index (χ2n) is 7.08. The van der Waals surface area contributed by atoms with E-state index in [1.165, 1.54) is 5.57 Å². The van der Waals surface area contributed by atoms with Gasteiger partial charge in [-0.3, -0.25) is 15.0 Å². The minimum atomic E-state index is -0.361. The predicted molar refractivity (Wildman–Crippen MR) is 131 cm³/mol. The fourth-order valence-electron chi connectivity index (χ4n) is 3.76. The highest BCUT2D eigenvalue weighted by Gasteiger charge is 2.25. The van der Waals surface area contributed by atoms with Gasteiger partial charge in [0.25, 0.3) is 5.91 Å². The van der Waals surface area contributed by atoms with Crippen LogP contribution in [0.4, 0.5) is 11.6 Å². The Morgan fingerprint density at radius 1 is 1.38 bits per heavy atom. The summed E-state index contributed by atoms with van der Waals surface area (Å²) in [4.78, 5) is 17.1. The predicted octanol–water partition coefficient (Wildman–Crippen LogP) is 4.14. The molecule has 1 unspecified atom stereocenters. The smallest absolute Gasteiger partial charge is 0.259 e. The second kappa shape index (κ2) is 10.4. The molecule has 9 nitrogen and oxygen atoms in total. The van der Waals surface area contributed by atoms with E-state index >= 15 is 0 Å². The lowest BCUT2D eigenvalue weighted by atomic mass is 9.90. The quantitative estimate of drug-likeness (QED) is 0.367. The molecule has 1 aromatic carbocycles. The standard InChI is InChI=1S/C20H23ClN8O.C2H6/c1-3-24-19-16(18(22)28-29-19)20(30)26-10(2)12-8-14(21)13-9-25-27-17(13)15(12)11-4-6-23-7-5-11;1-2/h3-4,8-10,23H,5-7H2,1-2H3,(H,25,27)(H,26,30)(H3,22,28,29);1-2H3. The molecule has 6 N–H and O–H groups in total. The Morgan fingerprint density at radius 3 is 2.84 bits per heavy atom. The molecular weight excluding hydrogens is 428 g/mol. The van der Waals surface area contributed by atoms with E-state index in [2.05, 4.69) is 42.1 Å². The monoisotopic (exact) mass is 456 g/mol. The summed E-state index contributed by atoms with van der Waals surface area (Å²) in [6.07, 6.45) is 6.31. The Bertz CT molecular complexity index is 1160. The van der Waals surface area contributed by atoms with E-state index in [-0.39, 0.29) is 29.1 Å². The van der Waals surface area contributed by atoms with Crippen LogP contribution in [0.25, 0.3) is 16.5 Å². The van der Waals surface area contributed by atoms with E-state index < -0.39 is 0 Å². The Balaban J connectivity index is 0.00000141. The van der Waals surface area contributed by atoms with Gasteiger partial charge in [0.1, 0.15) is 11.4 Å². The molecule has 0 aliphatic carbocycles. The van der Waals surface area contributed by atoms with Crippen LogP contribution in [0.2, 0.25) is 5.02 Å². The topological polar surface area (TPSA) is 137 Å². The average Bonchev–Trinajstić information content (AvgIpc) is 3.43. The van der Waals surface area contributed by atoms with Crippen molar-refractivity contribution in [2.45, 2.75) is 40.2 Å². The summed E-state index contributed by atoms with van der Waals surface area (Å²) in [7, 11) is 0. The lowest BCUT2D eigenvalue weighted by Crippen LogP contribution is -2.28. The van der Waals surface area contributed by atoms with Crippen LogP contribution in [0.1, 0.15) is 61.6 Å². The highest BCUT2D eigenvalue weighted by atomic mass is 35.5. The van der Waals surface area contributed by atoms with Gasteiger partial charge in [-0.15, -0.1) is 0 Å². The van der Waals surface area contributed by atoms with E-state index in [1.54, 1.807) is 19.3 Å². The highest BCUT2D eigenvalue weighted by molar-refractivity contribution is 6.35. The number of halogens is 1. The molecule has 1 aliphatic rings. The first-order valence-corrected chi connectivity index (χ1v) is 11.1. The number of nitrogens with one attached hydrogen (secondary N) is 4. The van der Waals surface area contributed by atoms with Crippen molar-refractivity contribution in [1.29, 1.82) is 0 Å². The molecule has 3 heterocycles. The summed E-state index contributed by atoms with van der Waals surface area (Å²) >= 11 is 6.53. The number of hydrogen-bond donors (Lipinski definition) is 5. The molecule has 0 fully saturated rings. The summed E-state index contributed by atoms with van der Waals surface area (Å²) in [6, 6.07) is 1.55. The van der Waals surface area contributed by atoms with Crippen LogP contribution in [0.5, 0.6) is 0 Å². The third-order valence-corrected chi connectivity index (χ3v) is 5.48. The van der Waals surface area contributed by atoms with E-state index in [0.29, 0.717) is 5.02 Å². The zero-order valence-corrected chi connectivity index (χ0v) is 19.5. The molecule has 2 aromatic heterocycles. The van der Waals surface area contributed by atoms with E-state index in [1.807, 2.05) is 26.8 Å². The molecule has 1 aliphatic heterocycles. The van der Waals surface area contributed by atoms with E-state index in [4.69, 9.17) is 17.3 Å². The number of aromatic amines is 2. The van der Waals surface area contributed by atoms with Gasteiger partial charge in [-0.1, -0.05) is 31.5 Å². The van der Waals surface area contributed by atoms with Gasteiger partial charge in [0.05, 0.1) is 22.8 Å². The number of nitrogens with zero attached hydrogens (tertiary/aromatic N) is 3. The van der Waals surface area contributed by atoms with E-state index in [9.17, 15) is 4.79 Å². The number of amides is 1. The number of carbonyl (C=O) groups excluding carboxylic acids is 1. The first-order valence-electron chi connectivity index (χ1n) is 10.7. The Hall–Kier alpha value is -3.17. The third kappa shape index (κ3) is 4.53. The summed E-state index contributed by atoms with van der Waals surface area (Å²) in [5.74, 6) is 0.0621. The molecule has 170 valence electrons. The van der Waals surface area contributed by atoms with Crippen molar-refractivity contribution in [1.82, 2.24) is 31.0 Å². The summed E-state index contributed by atoms with van der Waals surface area (Å²) in [5.41, 5.74) is 10.1. The van der Waals surface area contributed by atoms with Crippen molar-refractivity contribution in [3.8, 4) is 0 Å². The zero-order chi connectivity index (χ0) is 23.3. The second-order valence-corrected chi connectivity index (χ2v) is 7.49. The van der Waals surface area contributed by atoms with Crippen LogP contribution < -0.4 is 16.4 Å². The molecule has 32 heavy (non-hydrogen) atoms. The summed E-state index contributed by atoms with van der Waals surface area (Å²) in [5, 5.41) is 21.6. The van der Waals surface area contributed by atoms with Crippen molar-refractivity contribution >= 4 is 51.8 Å². The number of rotatable bonds is 5. The van der Waals surface area contributed by atoms with Crippen molar-refractivity contribution < 1.29 is 4.79 Å². The van der Waals surface area contributed by atoms with Crippen LogP contribution >= 0.6 is 11.6 Å². The number of fused-ring (bicyclic) bond motifs is 1. The molecule has 0 spiro atoms. The Kier molecular flexibility index (Phi) is 7.66. The normalized spacial score (nSPS) is 14.7. The first-order chi connectivity index (χ1) is 15.5. The summed E-state index contributed by atoms with van der Waals surface area (Å²) < 4.78 is 0. The lowest BCUT2D eigenvalue weighted by Gasteiger charge is -2.23. The van der Waals surface area contributed by atoms with Gasteiger partial charge in [0.15, 0.2) is 5.82 Å². The van der Waals surface area contributed by atoms with E-state index in [0.717, 1.165) is 41.5 Å². The molecule has 0 saturated carbocycles. The van der Waals surface area contributed by atoms with Crippen molar-refractivity contribution in [3.05, 3.63) is 40.1 Å². The van der Waals surface area contributed by atoms with Gasteiger partial charge >= 0.3 is 0 Å². The maximum Gasteiger partial charge on any atom is 0.259 e.